The van der Waals surface area contributed by atoms with Crippen LogP contribution in [-0.2, 0) is 0 Å². The molecule has 1 aromatic heterocycles. The quantitative estimate of drug-likeness (QED) is 0.910. The lowest BCUT2D eigenvalue weighted by Crippen LogP contribution is -2.06. The highest BCUT2D eigenvalue weighted by Gasteiger charge is 2.09. The smallest absolute Gasteiger partial charge is 0.375 e. The number of halogens is 1. The average molecular weight is 280 g/mol. The van der Waals surface area contributed by atoms with Crippen molar-refractivity contribution in [3.63, 3.8) is 0 Å². The Hall–Kier alpha value is -1.82. The molecule has 0 amide bonds. The third-order valence-corrected chi connectivity index (χ3v) is 2.42. The van der Waals surface area contributed by atoms with E-state index in [9.17, 15) is 4.79 Å². The van der Waals surface area contributed by atoms with Gasteiger partial charge in [-0.05, 0) is 12.1 Å². The van der Waals surface area contributed by atoms with Gasteiger partial charge in [0.2, 0.25) is 0 Å². The highest BCUT2D eigenvalue weighted by molar-refractivity contribution is 9.10. The summed E-state index contributed by atoms with van der Waals surface area (Å²) in [7, 11) is 0. The summed E-state index contributed by atoms with van der Waals surface area (Å²) in [6.07, 6.45) is 1.43. The maximum Gasteiger partial charge on any atom is 0.375 e. The fraction of sp³-hybridized carbons (Fsp3) is 0. The van der Waals surface area contributed by atoms with E-state index in [4.69, 9.17) is 5.11 Å². The summed E-state index contributed by atoms with van der Waals surface area (Å²) in [4.78, 5) is 14.5. The van der Waals surface area contributed by atoms with E-state index in [1.54, 1.807) is 0 Å². The number of aromatic carboxylic acids is 1. The van der Waals surface area contributed by atoms with Gasteiger partial charge >= 0.3 is 5.97 Å². The van der Waals surface area contributed by atoms with E-state index in [2.05, 4.69) is 31.1 Å². The molecule has 0 spiro atoms. The van der Waals surface area contributed by atoms with Crippen LogP contribution in [0.3, 0.4) is 0 Å². The van der Waals surface area contributed by atoms with Crippen LogP contribution in [-0.4, -0.2) is 26.3 Å². The number of carboxylic acid groups (broad SMARTS) is 1. The fourth-order valence-corrected chi connectivity index (χ4v) is 1.42. The van der Waals surface area contributed by atoms with Gasteiger partial charge < -0.3 is 5.11 Å². The lowest BCUT2D eigenvalue weighted by Gasteiger charge is -2.00. The molecule has 0 fully saturated rings. The van der Waals surface area contributed by atoms with Gasteiger partial charge in [-0.3, -0.25) is 0 Å². The second-order valence-corrected chi connectivity index (χ2v) is 3.89. The molecule has 0 saturated heterocycles. The normalized spacial score (nSPS) is 10.1. The number of nitrogens with zero attached hydrogens (tertiary/aromatic N) is 3. The van der Waals surface area contributed by atoms with Crippen LogP contribution >= 0.6 is 15.9 Å². The van der Waals surface area contributed by atoms with Crippen molar-refractivity contribution in [1.82, 2.24) is 15.2 Å². The van der Waals surface area contributed by atoms with E-state index in [0.717, 1.165) is 10.0 Å². The summed E-state index contributed by atoms with van der Waals surface area (Å²) in [6, 6.07) is 7.33. The molecule has 0 radical (unpaired) electrons. The lowest BCUT2D eigenvalue weighted by molar-refractivity contribution is 0.0682. The third kappa shape index (κ3) is 2.22. The molecule has 1 aromatic carbocycles. The number of carbonyl (C=O) groups is 1. The van der Waals surface area contributed by atoms with Crippen molar-refractivity contribution in [3.05, 3.63) is 40.8 Å². The summed E-state index contributed by atoms with van der Waals surface area (Å²) in [6.45, 7) is 0. The first kappa shape index (κ1) is 10.7. The maximum absolute atomic E-state index is 10.7. The second-order valence-electron chi connectivity index (χ2n) is 2.98. The Balaban J connectivity index is 2.44. The zero-order valence-electron chi connectivity index (χ0n) is 7.96. The van der Waals surface area contributed by atoms with Crippen LogP contribution in [0.25, 0.3) is 11.3 Å². The standard InChI is InChI=1S/C10H6BrN3O2/c11-7-3-1-6(2-4-7)8-5-12-14-9(13-8)10(15)16/h1-5H,(H,15,16). The lowest BCUT2D eigenvalue weighted by atomic mass is 10.2. The maximum atomic E-state index is 10.7. The van der Waals surface area contributed by atoms with Crippen molar-refractivity contribution in [2.75, 3.05) is 0 Å². The number of rotatable bonds is 2. The van der Waals surface area contributed by atoms with Gasteiger partial charge in [0.25, 0.3) is 5.82 Å². The Bertz CT molecular complexity index is 528. The highest BCUT2D eigenvalue weighted by Crippen LogP contribution is 2.18. The molecular formula is C10H6BrN3O2. The SMILES string of the molecule is O=C(O)c1nncc(-c2ccc(Br)cc2)n1. The van der Waals surface area contributed by atoms with Crippen LogP contribution in [0.2, 0.25) is 0 Å². The van der Waals surface area contributed by atoms with Gasteiger partial charge in [0.15, 0.2) is 0 Å². The van der Waals surface area contributed by atoms with Gasteiger partial charge in [0.05, 0.1) is 11.9 Å². The first-order chi connectivity index (χ1) is 7.66. The summed E-state index contributed by atoms with van der Waals surface area (Å²) < 4.78 is 0.941. The predicted octanol–water partition coefficient (Wildman–Crippen LogP) is 2.00. The molecule has 16 heavy (non-hydrogen) atoms. The molecule has 6 heteroatoms. The Kier molecular flexibility index (Phi) is 2.91. The predicted molar refractivity (Wildman–Crippen MR) is 59.9 cm³/mol. The van der Waals surface area contributed by atoms with Gasteiger partial charge in [-0.15, -0.1) is 5.10 Å². The molecule has 0 aliphatic carbocycles. The molecule has 0 bridgehead atoms. The summed E-state index contributed by atoms with van der Waals surface area (Å²) in [5, 5.41) is 15.7. The molecule has 5 nitrogen and oxygen atoms in total. The zero-order chi connectivity index (χ0) is 11.5. The fourth-order valence-electron chi connectivity index (χ4n) is 1.15. The largest absolute Gasteiger partial charge is 0.475 e. The second kappa shape index (κ2) is 4.36. The minimum absolute atomic E-state index is 0.305. The van der Waals surface area contributed by atoms with E-state index in [0.29, 0.717) is 5.69 Å². The Morgan fingerprint density at radius 2 is 1.94 bits per heavy atom. The van der Waals surface area contributed by atoms with Crippen LogP contribution in [0.15, 0.2) is 34.9 Å². The first-order valence-electron chi connectivity index (χ1n) is 4.36. The van der Waals surface area contributed by atoms with Gasteiger partial charge in [0, 0.05) is 10.0 Å². The van der Waals surface area contributed by atoms with Crippen molar-refractivity contribution in [3.8, 4) is 11.3 Å². The van der Waals surface area contributed by atoms with Crippen molar-refractivity contribution in [2.24, 2.45) is 0 Å². The van der Waals surface area contributed by atoms with Crippen LogP contribution in [0.4, 0.5) is 0 Å². The third-order valence-electron chi connectivity index (χ3n) is 1.89. The van der Waals surface area contributed by atoms with Gasteiger partial charge in [0.1, 0.15) is 0 Å². The van der Waals surface area contributed by atoms with E-state index in [-0.39, 0.29) is 5.82 Å². The summed E-state index contributed by atoms with van der Waals surface area (Å²) in [5.74, 6) is -1.49. The molecule has 2 rings (SSSR count). The molecule has 1 heterocycles. The Morgan fingerprint density at radius 3 is 2.56 bits per heavy atom. The Labute approximate surface area is 99.3 Å². The first-order valence-corrected chi connectivity index (χ1v) is 5.15. The number of hydrogen-bond donors (Lipinski definition) is 1. The monoisotopic (exact) mass is 279 g/mol. The topological polar surface area (TPSA) is 76.0 Å². The van der Waals surface area contributed by atoms with E-state index in [1.807, 2.05) is 24.3 Å². The minimum atomic E-state index is -1.19. The molecule has 1 N–H and O–H groups in total. The molecule has 0 saturated carbocycles. The molecule has 80 valence electrons. The highest BCUT2D eigenvalue weighted by atomic mass is 79.9. The van der Waals surface area contributed by atoms with Gasteiger partial charge in [-0.1, -0.05) is 28.1 Å². The van der Waals surface area contributed by atoms with E-state index < -0.39 is 5.97 Å². The Morgan fingerprint density at radius 1 is 1.25 bits per heavy atom. The number of hydrogen-bond acceptors (Lipinski definition) is 4. The van der Waals surface area contributed by atoms with Crippen molar-refractivity contribution in [1.29, 1.82) is 0 Å². The molecule has 0 atom stereocenters. The number of aromatic nitrogens is 3. The van der Waals surface area contributed by atoms with E-state index >= 15 is 0 Å². The molecule has 0 aliphatic heterocycles. The van der Waals surface area contributed by atoms with Crippen LogP contribution in [0.1, 0.15) is 10.6 Å². The zero-order valence-corrected chi connectivity index (χ0v) is 9.55. The average Bonchev–Trinajstić information content (AvgIpc) is 2.30. The molecule has 2 aromatic rings. The molecule has 0 unspecified atom stereocenters. The minimum Gasteiger partial charge on any atom is -0.475 e. The molecular weight excluding hydrogens is 274 g/mol. The number of carboxylic acids is 1. The molecule has 0 aliphatic rings. The van der Waals surface area contributed by atoms with Crippen LogP contribution in [0, 0.1) is 0 Å². The van der Waals surface area contributed by atoms with Crippen molar-refractivity contribution in [2.45, 2.75) is 0 Å². The van der Waals surface area contributed by atoms with Crippen LogP contribution in [0.5, 0.6) is 0 Å². The van der Waals surface area contributed by atoms with Crippen molar-refractivity contribution < 1.29 is 9.90 Å². The van der Waals surface area contributed by atoms with Crippen molar-refractivity contribution >= 4 is 21.9 Å². The van der Waals surface area contributed by atoms with Crippen LogP contribution < -0.4 is 0 Å². The summed E-state index contributed by atoms with van der Waals surface area (Å²) in [5.41, 5.74) is 1.28. The summed E-state index contributed by atoms with van der Waals surface area (Å²) >= 11 is 3.31. The number of benzene rings is 1. The van der Waals surface area contributed by atoms with Gasteiger partial charge in [-0.25, -0.2) is 9.78 Å². The van der Waals surface area contributed by atoms with Gasteiger partial charge in [-0.2, -0.15) is 5.10 Å². The van der Waals surface area contributed by atoms with E-state index in [1.165, 1.54) is 6.20 Å².